The zero-order valence-corrected chi connectivity index (χ0v) is 22.2. The molecule has 2 rings (SSSR count). The summed E-state index contributed by atoms with van der Waals surface area (Å²) in [5.41, 5.74) is 1.89. The van der Waals surface area contributed by atoms with Crippen molar-refractivity contribution in [2.75, 3.05) is 19.8 Å². The number of ether oxygens (including phenoxy) is 2. The van der Waals surface area contributed by atoms with Crippen LogP contribution in [0.2, 0.25) is 0 Å². The Kier molecular flexibility index (Phi) is 15.2. The summed E-state index contributed by atoms with van der Waals surface area (Å²) in [7, 11) is 0. The van der Waals surface area contributed by atoms with Gasteiger partial charge in [-0.25, -0.2) is 14.8 Å². The van der Waals surface area contributed by atoms with E-state index in [1.165, 1.54) is 38.5 Å². The highest BCUT2D eigenvalue weighted by Crippen LogP contribution is 2.22. The minimum atomic E-state index is -0.894. The molecule has 0 bridgehead atoms. The predicted octanol–water partition coefficient (Wildman–Crippen LogP) is 7.73. The van der Waals surface area contributed by atoms with E-state index >= 15 is 0 Å². The maximum absolute atomic E-state index is 11.8. The fraction of sp³-hybridized carbons (Fsp3) is 0.567. The number of carbonyl (C=O) groups is 1. The monoisotopic (exact) mass is 496 g/mol. The summed E-state index contributed by atoms with van der Waals surface area (Å²) in [5, 5.41) is 9.66. The molecule has 1 heterocycles. The SMILES string of the molecule is CCCCCCCCC=C(C(=O)O)c1ccc(-c2ncc(OCCCCOCCCCC)cn2)cc1. The van der Waals surface area contributed by atoms with Crippen molar-refractivity contribution in [2.24, 2.45) is 0 Å². The van der Waals surface area contributed by atoms with Gasteiger partial charge in [-0.05, 0) is 37.7 Å². The highest BCUT2D eigenvalue weighted by atomic mass is 16.5. The molecule has 36 heavy (non-hydrogen) atoms. The van der Waals surface area contributed by atoms with Crippen LogP contribution in [-0.2, 0) is 9.53 Å². The van der Waals surface area contributed by atoms with Crippen LogP contribution >= 0.6 is 0 Å². The number of aromatic nitrogens is 2. The van der Waals surface area contributed by atoms with Crippen LogP contribution in [0.15, 0.2) is 42.7 Å². The average molecular weight is 497 g/mol. The molecule has 1 N–H and O–H groups in total. The average Bonchev–Trinajstić information content (AvgIpc) is 2.90. The Morgan fingerprint density at radius 2 is 1.39 bits per heavy atom. The Hall–Kier alpha value is -2.73. The number of unbranched alkanes of at least 4 members (excludes halogenated alkanes) is 9. The fourth-order valence-electron chi connectivity index (χ4n) is 3.89. The van der Waals surface area contributed by atoms with Crippen LogP contribution in [0, 0.1) is 0 Å². The van der Waals surface area contributed by atoms with E-state index in [0.717, 1.165) is 57.3 Å². The molecule has 0 spiro atoms. The van der Waals surface area contributed by atoms with Crippen LogP contribution in [0.1, 0.15) is 96.5 Å². The van der Waals surface area contributed by atoms with Crippen molar-refractivity contribution in [3.8, 4) is 17.1 Å². The summed E-state index contributed by atoms with van der Waals surface area (Å²) in [4.78, 5) is 20.6. The van der Waals surface area contributed by atoms with Crippen molar-refractivity contribution in [1.29, 1.82) is 0 Å². The van der Waals surface area contributed by atoms with Gasteiger partial charge in [0.1, 0.15) is 0 Å². The second kappa shape index (κ2) is 18.5. The molecule has 0 saturated heterocycles. The first-order valence-corrected chi connectivity index (χ1v) is 13.7. The van der Waals surface area contributed by atoms with Gasteiger partial charge in [0.2, 0.25) is 0 Å². The zero-order chi connectivity index (χ0) is 25.8. The summed E-state index contributed by atoms with van der Waals surface area (Å²) >= 11 is 0. The highest BCUT2D eigenvalue weighted by molar-refractivity contribution is 6.15. The summed E-state index contributed by atoms with van der Waals surface area (Å²) in [5.74, 6) is 0.335. The standard InChI is InChI=1S/C30H44N2O4/c1-3-5-7-8-9-10-11-15-28(30(33)34)25-16-18-26(19-17-25)29-31-23-27(24-32-29)36-22-14-13-21-35-20-12-6-4-2/h15-19,23-24H,3-14,20-22H2,1-2H3,(H,33,34). The van der Waals surface area contributed by atoms with E-state index in [1.807, 2.05) is 30.3 Å². The van der Waals surface area contributed by atoms with Gasteiger partial charge in [-0.2, -0.15) is 0 Å². The van der Waals surface area contributed by atoms with Crippen molar-refractivity contribution in [2.45, 2.75) is 90.9 Å². The van der Waals surface area contributed by atoms with Gasteiger partial charge in [0.05, 0.1) is 24.6 Å². The van der Waals surface area contributed by atoms with Gasteiger partial charge in [-0.3, -0.25) is 0 Å². The third-order valence-electron chi connectivity index (χ3n) is 6.06. The predicted molar refractivity (Wildman–Crippen MR) is 146 cm³/mol. The lowest BCUT2D eigenvalue weighted by molar-refractivity contribution is -0.130. The Morgan fingerprint density at radius 3 is 2.06 bits per heavy atom. The molecule has 0 aliphatic carbocycles. The molecule has 0 fully saturated rings. The number of rotatable bonds is 20. The molecule has 0 amide bonds. The first kappa shape index (κ1) is 29.5. The Bertz CT molecular complexity index is 879. The highest BCUT2D eigenvalue weighted by Gasteiger charge is 2.11. The number of carboxylic acid groups (broad SMARTS) is 1. The second-order valence-corrected chi connectivity index (χ2v) is 9.17. The van der Waals surface area contributed by atoms with Crippen molar-refractivity contribution in [1.82, 2.24) is 9.97 Å². The van der Waals surface area contributed by atoms with E-state index in [0.29, 0.717) is 29.3 Å². The lowest BCUT2D eigenvalue weighted by atomic mass is 10.0. The van der Waals surface area contributed by atoms with E-state index in [9.17, 15) is 9.90 Å². The zero-order valence-electron chi connectivity index (χ0n) is 22.2. The third-order valence-corrected chi connectivity index (χ3v) is 6.06. The number of hydrogen-bond donors (Lipinski definition) is 1. The fourth-order valence-corrected chi connectivity index (χ4v) is 3.89. The Morgan fingerprint density at radius 1 is 0.806 bits per heavy atom. The molecular formula is C30H44N2O4. The molecular weight excluding hydrogens is 452 g/mol. The van der Waals surface area contributed by atoms with Crippen LogP contribution in [-0.4, -0.2) is 40.9 Å². The molecule has 6 nitrogen and oxygen atoms in total. The Balaban J connectivity index is 1.78. The van der Waals surface area contributed by atoms with Gasteiger partial charge in [0.25, 0.3) is 0 Å². The molecule has 0 aliphatic rings. The molecule has 0 aliphatic heterocycles. The number of hydrogen-bond acceptors (Lipinski definition) is 5. The van der Waals surface area contributed by atoms with Crippen LogP contribution in [0.3, 0.4) is 0 Å². The van der Waals surface area contributed by atoms with Crippen LogP contribution in [0.25, 0.3) is 17.0 Å². The number of allylic oxidation sites excluding steroid dienone is 1. The van der Waals surface area contributed by atoms with Gasteiger partial charge in [-0.1, -0.05) is 89.1 Å². The van der Waals surface area contributed by atoms with Crippen molar-refractivity contribution in [3.63, 3.8) is 0 Å². The Labute approximate surface area is 217 Å². The second-order valence-electron chi connectivity index (χ2n) is 9.17. The number of benzene rings is 1. The van der Waals surface area contributed by atoms with Crippen molar-refractivity contribution in [3.05, 3.63) is 48.3 Å². The van der Waals surface area contributed by atoms with Gasteiger partial charge in [0, 0.05) is 18.8 Å². The molecule has 0 radical (unpaired) electrons. The molecule has 0 saturated carbocycles. The smallest absolute Gasteiger partial charge is 0.335 e. The van der Waals surface area contributed by atoms with Gasteiger partial charge in [0.15, 0.2) is 11.6 Å². The molecule has 198 valence electrons. The quantitative estimate of drug-likeness (QED) is 0.149. The minimum absolute atomic E-state index is 0.353. The molecule has 1 aromatic heterocycles. The first-order valence-electron chi connectivity index (χ1n) is 13.7. The number of nitrogens with zero attached hydrogens (tertiary/aromatic N) is 2. The lowest BCUT2D eigenvalue weighted by Crippen LogP contribution is -2.02. The summed E-state index contributed by atoms with van der Waals surface area (Å²) < 4.78 is 11.4. The molecule has 6 heteroatoms. The molecule has 0 atom stereocenters. The largest absolute Gasteiger partial charge is 0.490 e. The first-order chi connectivity index (χ1) is 17.7. The van der Waals surface area contributed by atoms with E-state index in [4.69, 9.17) is 9.47 Å². The van der Waals surface area contributed by atoms with Crippen LogP contribution in [0.4, 0.5) is 0 Å². The third kappa shape index (κ3) is 11.8. The molecule has 1 aromatic carbocycles. The normalized spacial score (nSPS) is 11.6. The topological polar surface area (TPSA) is 81.5 Å². The van der Waals surface area contributed by atoms with Crippen LogP contribution < -0.4 is 4.74 Å². The van der Waals surface area contributed by atoms with Crippen molar-refractivity contribution < 1.29 is 19.4 Å². The molecule has 0 unspecified atom stereocenters. The maximum Gasteiger partial charge on any atom is 0.335 e. The molecule has 2 aromatic rings. The lowest BCUT2D eigenvalue weighted by Gasteiger charge is -2.08. The maximum atomic E-state index is 11.8. The van der Waals surface area contributed by atoms with E-state index in [1.54, 1.807) is 12.4 Å². The summed E-state index contributed by atoms with van der Waals surface area (Å²) in [6.45, 7) is 6.63. The van der Waals surface area contributed by atoms with E-state index in [2.05, 4.69) is 23.8 Å². The van der Waals surface area contributed by atoms with E-state index < -0.39 is 5.97 Å². The van der Waals surface area contributed by atoms with Gasteiger partial charge in [-0.15, -0.1) is 0 Å². The minimum Gasteiger partial charge on any atom is -0.490 e. The number of carboxylic acids is 1. The van der Waals surface area contributed by atoms with Gasteiger partial charge < -0.3 is 14.6 Å². The van der Waals surface area contributed by atoms with E-state index in [-0.39, 0.29) is 0 Å². The number of aliphatic carboxylic acids is 1. The summed E-state index contributed by atoms with van der Waals surface area (Å²) in [6.07, 6.45) is 18.6. The summed E-state index contributed by atoms with van der Waals surface area (Å²) in [6, 6.07) is 7.39. The van der Waals surface area contributed by atoms with Crippen LogP contribution in [0.5, 0.6) is 5.75 Å². The van der Waals surface area contributed by atoms with Crippen molar-refractivity contribution >= 4 is 11.5 Å². The van der Waals surface area contributed by atoms with Gasteiger partial charge >= 0.3 is 5.97 Å².